The summed E-state index contributed by atoms with van der Waals surface area (Å²) in [7, 11) is 0. The summed E-state index contributed by atoms with van der Waals surface area (Å²) in [5.41, 5.74) is 3.30. The Morgan fingerprint density at radius 3 is 2.25 bits per heavy atom. The Morgan fingerprint density at radius 1 is 1.04 bits per heavy atom. The van der Waals surface area contributed by atoms with Crippen LogP contribution in [0.25, 0.3) is 0 Å². The van der Waals surface area contributed by atoms with E-state index in [1.54, 1.807) is 30.5 Å². The van der Waals surface area contributed by atoms with Crippen LogP contribution in [0.5, 0.6) is 0 Å². The molecule has 0 radical (unpaired) electrons. The first-order chi connectivity index (χ1) is 13.5. The third-order valence-corrected chi connectivity index (χ3v) is 7.20. The molecule has 0 amide bonds. The molecule has 0 aromatic heterocycles. The van der Waals surface area contributed by atoms with Gasteiger partial charge in [-0.2, -0.15) is 0 Å². The first kappa shape index (κ1) is 19.6. The van der Waals surface area contributed by atoms with Gasteiger partial charge in [-0.05, 0) is 78.9 Å². The number of hydrogen-bond donors (Lipinski definition) is 1. The van der Waals surface area contributed by atoms with Crippen LogP contribution in [0.4, 0.5) is 0 Å². The van der Waals surface area contributed by atoms with Gasteiger partial charge in [-0.15, -0.1) is 0 Å². The fourth-order valence-electron chi connectivity index (χ4n) is 4.59. The average molecular weight is 398 g/mol. The van der Waals surface area contributed by atoms with Crippen molar-refractivity contribution in [2.24, 2.45) is 5.92 Å². The first-order valence-corrected chi connectivity index (χ1v) is 11.6. The number of nitrogens with zero attached hydrogens (tertiary/aromatic N) is 1. The lowest BCUT2D eigenvalue weighted by molar-refractivity contribution is 0.0239. The summed E-state index contributed by atoms with van der Waals surface area (Å²) in [4.78, 5) is 16.0. The molecule has 28 heavy (non-hydrogen) atoms. The van der Waals surface area contributed by atoms with Crippen LogP contribution in [0.1, 0.15) is 34.3 Å². The van der Waals surface area contributed by atoms with Gasteiger partial charge in [0.05, 0.1) is 6.10 Å². The molecule has 2 aromatic carbocycles. The van der Waals surface area contributed by atoms with Gasteiger partial charge in [0.1, 0.15) is 6.26 Å². The van der Waals surface area contributed by atoms with Crippen molar-refractivity contribution < 1.29 is 14.5 Å². The maximum absolute atomic E-state index is 12.8. The van der Waals surface area contributed by atoms with Gasteiger partial charge in [0.2, 0.25) is 0 Å². The average Bonchev–Trinajstić information content (AvgIpc) is 2.73. The van der Waals surface area contributed by atoms with E-state index < -0.39 is 11.2 Å². The molecule has 3 atom stereocenters. The Bertz CT molecular complexity index is 828. The zero-order valence-electron chi connectivity index (χ0n) is 16.2. The zero-order chi connectivity index (χ0) is 19.7. The van der Waals surface area contributed by atoms with Gasteiger partial charge in [0.15, 0.2) is 10.7 Å². The monoisotopic (exact) mass is 397 g/mol. The lowest BCUT2D eigenvalue weighted by atomic mass is 9.83. The van der Waals surface area contributed by atoms with E-state index in [4.69, 9.17) is 0 Å². The Morgan fingerprint density at radius 2 is 1.64 bits per heavy atom. The van der Waals surface area contributed by atoms with Crippen LogP contribution in [0.2, 0.25) is 0 Å². The fraction of sp³-hybridized carbons (Fsp3) is 0.435. The standard InChI is InChI=1S/C23H27NO3S/c1-28(27)20-8-6-16(7-9-20)23(26)17-10-12-24(13-11-17)21-14-18-4-2-3-5-19(18)15-22(21)25/h2-9,17,21-22,25H,10-15H2,1H3/t21?,22-,28?/m1/s1. The number of ketones is 1. The minimum absolute atomic E-state index is 0.0299. The highest BCUT2D eigenvalue weighted by atomic mass is 32.2. The summed E-state index contributed by atoms with van der Waals surface area (Å²) in [6, 6.07) is 15.7. The van der Waals surface area contributed by atoms with Crippen molar-refractivity contribution in [3.8, 4) is 0 Å². The van der Waals surface area contributed by atoms with Gasteiger partial charge in [0.25, 0.3) is 0 Å². The summed E-state index contributed by atoms with van der Waals surface area (Å²) in [6.45, 7) is 1.69. The van der Waals surface area contributed by atoms with E-state index in [9.17, 15) is 14.5 Å². The van der Waals surface area contributed by atoms with Gasteiger partial charge in [-0.1, -0.05) is 24.3 Å². The molecule has 1 heterocycles. The Kier molecular flexibility index (Phi) is 5.88. The number of aliphatic hydroxyl groups is 1. The maximum Gasteiger partial charge on any atom is 0.166 e. The van der Waals surface area contributed by atoms with Crippen LogP contribution in [-0.2, 0) is 24.0 Å². The molecule has 0 spiro atoms. The van der Waals surface area contributed by atoms with Crippen LogP contribution in [0.15, 0.2) is 53.4 Å². The number of benzene rings is 2. The van der Waals surface area contributed by atoms with E-state index in [1.807, 2.05) is 6.07 Å². The molecule has 1 N–H and O–H groups in total. The molecule has 1 aliphatic carbocycles. The molecule has 2 unspecified atom stereocenters. The molecular weight excluding hydrogens is 370 g/mol. The van der Waals surface area contributed by atoms with Crippen LogP contribution in [0.3, 0.4) is 0 Å². The molecule has 0 saturated carbocycles. The number of carbonyl (C=O) groups is 1. The predicted molar refractivity (Wildman–Crippen MR) is 111 cm³/mol. The molecule has 2 aromatic rings. The third kappa shape index (κ3) is 4.03. The Labute approximate surface area is 169 Å². The molecule has 1 saturated heterocycles. The summed E-state index contributed by atoms with van der Waals surface area (Å²) in [5, 5.41) is 10.7. The first-order valence-electron chi connectivity index (χ1n) is 9.99. The highest BCUT2D eigenvalue weighted by Crippen LogP contribution is 2.29. The van der Waals surface area contributed by atoms with Crippen molar-refractivity contribution in [1.29, 1.82) is 0 Å². The molecule has 4 rings (SSSR count). The second-order valence-electron chi connectivity index (χ2n) is 7.96. The van der Waals surface area contributed by atoms with Gasteiger partial charge in [-0.3, -0.25) is 9.69 Å². The fourth-order valence-corrected chi connectivity index (χ4v) is 5.11. The van der Waals surface area contributed by atoms with Crippen molar-refractivity contribution in [2.45, 2.75) is 42.7 Å². The Balaban J connectivity index is 1.37. The smallest absolute Gasteiger partial charge is 0.166 e. The molecule has 148 valence electrons. The quantitative estimate of drug-likeness (QED) is 0.637. The minimum Gasteiger partial charge on any atom is -0.612 e. The normalized spacial score (nSPS) is 24.5. The van der Waals surface area contributed by atoms with Gasteiger partial charge in [0, 0.05) is 23.9 Å². The number of carbonyl (C=O) groups excluding carboxylic acids is 1. The highest BCUT2D eigenvalue weighted by Gasteiger charge is 2.35. The van der Waals surface area contributed by atoms with E-state index in [1.165, 1.54) is 11.1 Å². The zero-order valence-corrected chi connectivity index (χ0v) is 17.0. The molecule has 4 nitrogen and oxygen atoms in total. The maximum atomic E-state index is 12.8. The summed E-state index contributed by atoms with van der Waals surface area (Å²) < 4.78 is 11.5. The number of hydrogen-bond acceptors (Lipinski definition) is 4. The van der Waals surface area contributed by atoms with E-state index in [2.05, 4.69) is 23.1 Å². The highest BCUT2D eigenvalue weighted by molar-refractivity contribution is 7.90. The summed E-state index contributed by atoms with van der Waals surface area (Å²) in [6.07, 6.45) is 4.54. The summed E-state index contributed by atoms with van der Waals surface area (Å²) >= 11 is -1.02. The number of aliphatic hydroxyl groups excluding tert-OH is 1. The molecule has 1 aliphatic heterocycles. The topological polar surface area (TPSA) is 63.6 Å². The molecule has 5 heteroatoms. The van der Waals surface area contributed by atoms with Gasteiger partial charge >= 0.3 is 0 Å². The van der Waals surface area contributed by atoms with E-state index in [-0.39, 0.29) is 23.8 Å². The predicted octanol–water partition coefficient (Wildman–Crippen LogP) is 2.85. The van der Waals surface area contributed by atoms with Crippen LogP contribution < -0.4 is 0 Å². The molecule has 1 fully saturated rings. The SMILES string of the molecule is C[S+]([O-])c1ccc(C(=O)C2CCN(C3Cc4ccccc4C[C@H]3O)CC2)cc1. The minimum atomic E-state index is -1.02. The van der Waals surface area contributed by atoms with Crippen molar-refractivity contribution in [3.63, 3.8) is 0 Å². The van der Waals surface area contributed by atoms with Crippen molar-refractivity contribution in [1.82, 2.24) is 4.90 Å². The van der Waals surface area contributed by atoms with Gasteiger partial charge < -0.3 is 9.66 Å². The van der Waals surface area contributed by atoms with Crippen molar-refractivity contribution in [2.75, 3.05) is 19.3 Å². The lowest BCUT2D eigenvalue weighted by Crippen LogP contribution is -2.51. The second-order valence-corrected chi connectivity index (χ2v) is 9.34. The number of fused-ring (bicyclic) bond motifs is 1. The van der Waals surface area contributed by atoms with E-state index >= 15 is 0 Å². The van der Waals surface area contributed by atoms with Crippen LogP contribution in [0, 0.1) is 5.92 Å². The lowest BCUT2D eigenvalue weighted by Gasteiger charge is -2.41. The van der Waals surface area contributed by atoms with Crippen LogP contribution in [-0.4, -0.2) is 51.8 Å². The van der Waals surface area contributed by atoms with Crippen molar-refractivity contribution in [3.05, 3.63) is 65.2 Å². The largest absolute Gasteiger partial charge is 0.612 e. The molecule has 2 aliphatic rings. The third-order valence-electron chi connectivity index (χ3n) is 6.26. The van der Waals surface area contributed by atoms with Gasteiger partial charge in [-0.25, -0.2) is 0 Å². The van der Waals surface area contributed by atoms with E-state index in [0.717, 1.165) is 37.2 Å². The van der Waals surface area contributed by atoms with Crippen LogP contribution >= 0.6 is 0 Å². The van der Waals surface area contributed by atoms with E-state index in [0.29, 0.717) is 12.0 Å². The number of rotatable bonds is 4. The Hall–Kier alpha value is -1.66. The van der Waals surface area contributed by atoms with Crippen molar-refractivity contribution >= 4 is 17.0 Å². The molecule has 0 bridgehead atoms. The number of likely N-dealkylation sites (tertiary alicyclic amines) is 1. The number of piperidine rings is 1. The summed E-state index contributed by atoms with van der Waals surface area (Å²) in [5.74, 6) is 0.213. The second kappa shape index (κ2) is 8.37. The number of Topliss-reactive ketones (excluding diaryl/α,β-unsaturated/α-hetero) is 1. The molecular formula is C23H27NO3S.